The van der Waals surface area contributed by atoms with E-state index in [1.165, 1.54) is 12.1 Å². The molecule has 1 aromatic heterocycles. The summed E-state index contributed by atoms with van der Waals surface area (Å²) < 4.78 is 29.3. The number of amides is 1. The predicted molar refractivity (Wildman–Crippen MR) is 71.7 cm³/mol. The molecule has 1 aliphatic rings. The molecule has 1 amide bonds. The van der Waals surface area contributed by atoms with Crippen molar-refractivity contribution in [2.45, 2.75) is 30.8 Å². The van der Waals surface area contributed by atoms with Crippen LogP contribution in [0.4, 0.5) is 8.78 Å². The van der Waals surface area contributed by atoms with E-state index in [1.807, 2.05) is 0 Å². The van der Waals surface area contributed by atoms with Gasteiger partial charge in [-0.25, -0.2) is 0 Å². The first-order valence-corrected chi connectivity index (χ1v) is 7.47. The first-order chi connectivity index (χ1) is 9.54. The van der Waals surface area contributed by atoms with Gasteiger partial charge in [0.1, 0.15) is 5.76 Å². The minimum absolute atomic E-state index is 0.0331. The second-order valence-corrected chi connectivity index (χ2v) is 5.97. The van der Waals surface area contributed by atoms with E-state index in [-0.39, 0.29) is 29.4 Å². The van der Waals surface area contributed by atoms with Crippen LogP contribution in [0, 0.1) is 5.41 Å². The molecule has 1 aliphatic carbocycles. The van der Waals surface area contributed by atoms with Crippen LogP contribution in [0.1, 0.15) is 35.6 Å². The maximum Gasteiger partial charge on any atom is 0.287 e. The third-order valence-corrected chi connectivity index (χ3v) is 4.16. The number of hydrogen-bond donors (Lipinski definition) is 2. The fourth-order valence-corrected chi connectivity index (χ4v) is 2.45. The van der Waals surface area contributed by atoms with E-state index in [9.17, 15) is 13.6 Å². The SMILES string of the molecule is O=C(NCC1(CCO)CC1)c1ccc(CSC(F)F)o1. The van der Waals surface area contributed by atoms with Crippen molar-refractivity contribution in [1.29, 1.82) is 0 Å². The van der Waals surface area contributed by atoms with E-state index in [0.717, 1.165) is 12.8 Å². The number of nitrogens with one attached hydrogen (secondary N) is 1. The van der Waals surface area contributed by atoms with E-state index < -0.39 is 5.76 Å². The fraction of sp³-hybridized carbons (Fsp3) is 0.615. The number of carbonyl (C=O) groups is 1. The number of rotatable bonds is 8. The van der Waals surface area contributed by atoms with Crippen molar-refractivity contribution in [3.05, 3.63) is 23.7 Å². The van der Waals surface area contributed by atoms with E-state index in [0.29, 0.717) is 30.5 Å². The highest BCUT2D eigenvalue weighted by Gasteiger charge is 2.42. The molecule has 1 aromatic rings. The standard InChI is InChI=1S/C13H17F2NO3S/c14-12(15)20-7-9-1-2-10(19-9)11(18)16-8-13(3-4-13)5-6-17/h1-2,12,17H,3-8H2,(H,16,18). The molecule has 7 heteroatoms. The zero-order chi connectivity index (χ0) is 14.6. The molecule has 112 valence electrons. The average Bonchev–Trinajstić information content (AvgIpc) is 3.01. The molecule has 4 nitrogen and oxygen atoms in total. The van der Waals surface area contributed by atoms with Crippen molar-refractivity contribution in [3.63, 3.8) is 0 Å². The number of thioether (sulfide) groups is 1. The predicted octanol–water partition coefficient (Wildman–Crippen LogP) is 2.63. The van der Waals surface area contributed by atoms with Crippen molar-refractivity contribution < 1.29 is 23.1 Å². The van der Waals surface area contributed by atoms with Crippen molar-refractivity contribution in [3.8, 4) is 0 Å². The van der Waals surface area contributed by atoms with Crippen molar-refractivity contribution in [2.24, 2.45) is 5.41 Å². The van der Waals surface area contributed by atoms with E-state index in [1.54, 1.807) is 0 Å². The van der Waals surface area contributed by atoms with Gasteiger partial charge in [0.2, 0.25) is 0 Å². The summed E-state index contributed by atoms with van der Waals surface area (Å²) in [7, 11) is 0. The Balaban J connectivity index is 1.80. The second-order valence-electron chi connectivity index (χ2n) is 4.99. The summed E-state index contributed by atoms with van der Waals surface area (Å²) in [6, 6.07) is 3.02. The summed E-state index contributed by atoms with van der Waals surface area (Å²) in [5.74, 6) is -2.26. The van der Waals surface area contributed by atoms with E-state index >= 15 is 0 Å². The van der Waals surface area contributed by atoms with E-state index in [2.05, 4.69) is 5.32 Å². The first kappa shape index (κ1) is 15.3. The lowest BCUT2D eigenvalue weighted by Gasteiger charge is -2.13. The number of furan rings is 1. The zero-order valence-electron chi connectivity index (χ0n) is 10.9. The molecule has 2 rings (SSSR count). The molecule has 0 unspecified atom stereocenters. The van der Waals surface area contributed by atoms with E-state index in [4.69, 9.17) is 9.52 Å². The molecule has 2 N–H and O–H groups in total. The monoisotopic (exact) mass is 305 g/mol. The molecule has 20 heavy (non-hydrogen) atoms. The molecule has 1 saturated carbocycles. The number of halogens is 2. The molecular formula is C13H17F2NO3S. The Morgan fingerprint density at radius 1 is 1.50 bits per heavy atom. The van der Waals surface area contributed by atoms with Gasteiger partial charge in [0.05, 0.1) is 5.75 Å². The van der Waals surface area contributed by atoms with Crippen molar-refractivity contribution in [1.82, 2.24) is 5.32 Å². The van der Waals surface area contributed by atoms with Crippen LogP contribution in [-0.2, 0) is 5.75 Å². The summed E-state index contributed by atoms with van der Waals surface area (Å²) in [4.78, 5) is 11.9. The van der Waals surface area contributed by atoms with Crippen LogP contribution in [0.2, 0.25) is 0 Å². The van der Waals surface area contributed by atoms with Gasteiger partial charge in [0, 0.05) is 13.2 Å². The number of carbonyl (C=O) groups excluding carboxylic acids is 1. The highest BCUT2D eigenvalue weighted by molar-refractivity contribution is 7.98. The number of aliphatic hydroxyl groups is 1. The van der Waals surface area contributed by atoms with Gasteiger partial charge < -0.3 is 14.8 Å². The number of hydrogen-bond acceptors (Lipinski definition) is 4. The largest absolute Gasteiger partial charge is 0.455 e. The molecule has 0 spiro atoms. The first-order valence-electron chi connectivity index (χ1n) is 6.42. The molecule has 0 atom stereocenters. The maximum absolute atomic E-state index is 12.0. The Labute approximate surface area is 119 Å². The smallest absolute Gasteiger partial charge is 0.287 e. The minimum atomic E-state index is -2.45. The molecule has 0 aromatic carbocycles. The molecule has 1 heterocycles. The van der Waals surface area contributed by atoms with Gasteiger partial charge in [-0.3, -0.25) is 4.79 Å². The summed E-state index contributed by atoms with van der Waals surface area (Å²) in [6.07, 6.45) is 2.69. The van der Waals surface area contributed by atoms with Gasteiger partial charge in [-0.15, -0.1) is 0 Å². The van der Waals surface area contributed by atoms with Crippen molar-refractivity contribution in [2.75, 3.05) is 13.2 Å². The van der Waals surface area contributed by atoms with Crippen LogP contribution in [0.5, 0.6) is 0 Å². The van der Waals surface area contributed by atoms with Gasteiger partial charge >= 0.3 is 0 Å². The summed E-state index contributed by atoms with van der Waals surface area (Å²) in [5.41, 5.74) is 0.0331. The number of aliphatic hydroxyl groups excluding tert-OH is 1. The molecule has 0 bridgehead atoms. The summed E-state index contributed by atoms with van der Waals surface area (Å²) in [6.45, 7) is 0.625. The Bertz CT molecular complexity index is 460. The lowest BCUT2D eigenvalue weighted by atomic mass is 10.0. The van der Waals surface area contributed by atoms with Gasteiger partial charge in [-0.05, 0) is 36.8 Å². The Morgan fingerprint density at radius 2 is 2.25 bits per heavy atom. The zero-order valence-corrected chi connectivity index (χ0v) is 11.7. The third-order valence-electron chi connectivity index (χ3n) is 3.46. The summed E-state index contributed by atoms with van der Waals surface area (Å²) >= 11 is 0.457. The quantitative estimate of drug-likeness (QED) is 0.775. The lowest BCUT2D eigenvalue weighted by molar-refractivity contribution is 0.0911. The third kappa shape index (κ3) is 4.21. The van der Waals surface area contributed by atoms with Crippen LogP contribution in [0.15, 0.2) is 16.5 Å². The van der Waals surface area contributed by atoms with Gasteiger partial charge in [0.15, 0.2) is 5.76 Å². The van der Waals surface area contributed by atoms with Crippen LogP contribution in [-0.4, -0.2) is 29.9 Å². The minimum Gasteiger partial charge on any atom is -0.455 e. The van der Waals surface area contributed by atoms with Crippen LogP contribution >= 0.6 is 11.8 Å². The fourth-order valence-electron chi connectivity index (χ4n) is 2.01. The van der Waals surface area contributed by atoms with Gasteiger partial charge in [-0.1, -0.05) is 11.8 Å². The molecule has 1 fully saturated rings. The number of alkyl halides is 2. The Kier molecular flexibility index (Phi) is 5.04. The van der Waals surface area contributed by atoms with Crippen molar-refractivity contribution >= 4 is 17.7 Å². The summed E-state index contributed by atoms with van der Waals surface area (Å²) in [5, 5.41) is 11.7. The molecular weight excluding hydrogens is 288 g/mol. The van der Waals surface area contributed by atoms with Gasteiger partial charge in [0.25, 0.3) is 11.7 Å². The van der Waals surface area contributed by atoms with Crippen LogP contribution in [0.25, 0.3) is 0 Å². The normalized spacial score (nSPS) is 16.4. The van der Waals surface area contributed by atoms with Crippen LogP contribution < -0.4 is 5.32 Å². The highest BCUT2D eigenvalue weighted by atomic mass is 32.2. The second kappa shape index (κ2) is 6.58. The Hall–Kier alpha value is -1.08. The molecule has 0 aliphatic heterocycles. The van der Waals surface area contributed by atoms with Crippen LogP contribution in [0.3, 0.4) is 0 Å². The molecule has 0 saturated heterocycles. The van der Waals surface area contributed by atoms with Gasteiger partial charge in [-0.2, -0.15) is 8.78 Å². The Morgan fingerprint density at radius 3 is 2.85 bits per heavy atom. The average molecular weight is 305 g/mol. The lowest BCUT2D eigenvalue weighted by Crippen LogP contribution is -2.30. The highest BCUT2D eigenvalue weighted by Crippen LogP contribution is 2.47. The topological polar surface area (TPSA) is 62.5 Å². The maximum atomic E-state index is 12.0. The molecule has 0 radical (unpaired) electrons.